The zero-order chi connectivity index (χ0) is 21.8. The molecular formula is C21H26F2N2O5. The smallest absolute Gasteiger partial charge is 0.387 e. The zero-order valence-corrected chi connectivity index (χ0v) is 17.1. The maximum absolute atomic E-state index is 12.5. The number of imide groups is 1. The summed E-state index contributed by atoms with van der Waals surface area (Å²) in [4.78, 5) is 40.2. The number of carbonyl (C=O) groups excluding carboxylic acids is 3. The zero-order valence-electron chi connectivity index (χ0n) is 17.1. The van der Waals surface area contributed by atoms with Crippen molar-refractivity contribution < 1.29 is 32.6 Å². The van der Waals surface area contributed by atoms with Crippen LogP contribution < -0.4 is 9.47 Å². The Labute approximate surface area is 173 Å². The van der Waals surface area contributed by atoms with Crippen LogP contribution in [-0.4, -0.2) is 54.8 Å². The monoisotopic (exact) mass is 424 g/mol. The topological polar surface area (TPSA) is 76.2 Å². The number of nitrogens with zero attached hydrogens (tertiary/aromatic N) is 2. The van der Waals surface area contributed by atoms with Gasteiger partial charge in [-0.3, -0.25) is 19.3 Å². The summed E-state index contributed by atoms with van der Waals surface area (Å²) in [6.07, 6.45) is 3.44. The molecule has 0 radical (unpaired) electrons. The number of fused-ring (bicyclic) bond motifs is 1. The van der Waals surface area contributed by atoms with Gasteiger partial charge in [0.15, 0.2) is 11.5 Å². The number of likely N-dealkylation sites (tertiary alicyclic amines) is 1. The minimum Gasteiger partial charge on any atom is -0.493 e. The lowest BCUT2D eigenvalue weighted by Crippen LogP contribution is -2.36. The second kappa shape index (κ2) is 9.40. The number of alkyl halides is 2. The van der Waals surface area contributed by atoms with Crippen molar-refractivity contribution in [3.05, 3.63) is 23.8 Å². The van der Waals surface area contributed by atoms with Gasteiger partial charge in [-0.15, -0.1) is 0 Å². The van der Waals surface area contributed by atoms with Crippen LogP contribution in [0, 0.1) is 11.8 Å². The molecule has 30 heavy (non-hydrogen) atoms. The van der Waals surface area contributed by atoms with E-state index in [1.165, 1.54) is 29.0 Å². The third kappa shape index (κ3) is 4.71. The van der Waals surface area contributed by atoms with Crippen molar-refractivity contribution in [2.24, 2.45) is 11.8 Å². The van der Waals surface area contributed by atoms with E-state index in [1.807, 2.05) is 0 Å². The van der Waals surface area contributed by atoms with Gasteiger partial charge in [0.2, 0.25) is 17.7 Å². The summed E-state index contributed by atoms with van der Waals surface area (Å²) >= 11 is 0. The van der Waals surface area contributed by atoms with Crippen molar-refractivity contribution in [3.8, 4) is 11.5 Å². The Hall–Kier alpha value is -2.71. The van der Waals surface area contributed by atoms with E-state index in [0.29, 0.717) is 5.56 Å². The number of halogens is 2. The Morgan fingerprint density at radius 1 is 1.17 bits per heavy atom. The standard InChI is InChI=1S/C21H26F2N2O5/c1-24(12-13-7-8-16(30-21(22)23)17(11-13)29-2)18(26)9-10-25-19(27)14-5-3-4-6-15(14)20(25)28/h7-8,11,14-15,21H,3-6,9-10,12H2,1-2H3/t14-,15+. The van der Waals surface area contributed by atoms with Crippen molar-refractivity contribution in [2.45, 2.75) is 45.3 Å². The van der Waals surface area contributed by atoms with E-state index < -0.39 is 6.61 Å². The van der Waals surface area contributed by atoms with Crippen molar-refractivity contribution in [3.63, 3.8) is 0 Å². The molecule has 3 rings (SSSR count). The molecule has 2 atom stereocenters. The first-order chi connectivity index (χ1) is 14.3. The predicted octanol–water partition coefficient (Wildman–Crippen LogP) is 2.82. The lowest BCUT2D eigenvalue weighted by Gasteiger charge is -2.20. The Morgan fingerprint density at radius 3 is 2.37 bits per heavy atom. The second-order valence-electron chi connectivity index (χ2n) is 7.69. The summed E-state index contributed by atoms with van der Waals surface area (Å²) in [5.41, 5.74) is 0.670. The molecule has 1 aliphatic heterocycles. The molecule has 3 amide bonds. The molecule has 1 heterocycles. The fourth-order valence-corrected chi connectivity index (χ4v) is 4.22. The van der Waals surface area contributed by atoms with Crippen LogP contribution in [0.5, 0.6) is 11.5 Å². The molecule has 0 bridgehead atoms. The number of ether oxygens (including phenoxy) is 2. The van der Waals surface area contributed by atoms with Crippen LogP contribution in [0.25, 0.3) is 0 Å². The van der Waals surface area contributed by atoms with Crippen LogP contribution in [0.3, 0.4) is 0 Å². The minimum absolute atomic E-state index is 0.0388. The molecule has 7 nitrogen and oxygen atoms in total. The van der Waals surface area contributed by atoms with E-state index in [-0.39, 0.29) is 60.6 Å². The van der Waals surface area contributed by atoms with Gasteiger partial charge in [-0.2, -0.15) is 8.78 Å². The van der Waals surface area contributed by atoms with E-state index >= 15 is 0 Å². The van der Waals surface area contributed by atoms with Gasteiger partial charge in [0.25, 0.3) is 0 Å². The molecule has 1 aliphatic carbocycles. The largest absolute Gasteiger partial charge is 0.493 e. The maximum atomic E-state index is 12.5. The lowest BCUT2D eigenvalue weighted by atomic mass is 9.81. The normalized spacial score (nSPS) is 21.0. The number of methoxy groups -OCH3 is 1. The Kier molecular flexibility index (Phi) is 6.89. The highest BCUT2D eigenvalue weighted by Crippen LogP contribution is 2.38. The molecule has 2 fully saturated rings. The van der Waals surface area contributed by atoms with Crippen LogP contribution in [0.1, 0.15) is 37.7 Å². The molecular weight excluding hydrogens is 398 g/mol. The van der Waals surface area contributed by atoms with Gasteiger partial charge in [-0.25, -0.2) is 0 Å². The van der Waals surface area contributed by atoms with Crippen molar-refractivity contribution >= 4 is 17.7 Å². The molecule has 0 aromatic heterocycles. The van der Waals surface area contributed by atoms with E-state index in [4.69, 9.17) is 4.74 Å². The van der Waals surface area contributed by atoms with Crippen LogP contribution in [0.4, 0.5) is 8.78 Å². The second-order valence-corrected chi connectivity index (χ2v) is 7.69. The van der Waals surface area contributed by atoms with Gasteiger partial charge in [0.05, 0.1) is 18.9 Å². The van der Waals surface area contributed by atoms with Gasteiger partial charge < -0.3 is 14.4 Å². The number of amides is 3. The maximum Gasteiger partial charge on any atom is 0.387 e. The lowest BCUT2D eigenvalue weighted by molar-refractivity contribution is -0.140. The highest BCUT2D eigenvalue weighted by Gasteiger charge is 2.47. The van der Waals surface area contributed by atoms with E-state index in [1.54, 1.807) is 13.1 Å². The molecule has 0 N–H and O–H groups in total. The van der Waals surface area contributed by atoms with Crippen molar-refractivity contribution in [1.29, 1.82) is 0 Å². The van der Waals surface area contributed by atoms with Gasteiger partial charge >= 0.3 is 6.61 Å². The summed E-state index contributed by atoms with van der Waals surface area (Å²) in [5.74, 6) is -0.917. The number of hydrogen-bond acceptors (Lipinski definition) is 5. The summed E-state index contributed by atoms with van der Waals surface area (Å²) in [6.45, 7) is -2.66. The van der Waals surface area contributed by atoms with Crippen LogP contribution in [-0.2, 0) is 20.9 Å². The number of rotatable bonds is 8. The average molecular weight is 424 g/mol. The predicted molar refractivity (Wildman–Crippen MR) is 103 cm³/mol. The molecule has 2 aliphatic rings. The minimum atomic E-state index is -2.96. The third-order valence-electron chi connectivity index (χ3n) is 5.77. The molecule has 0 spiro atoms. The number of benzene rings is 1. The van der Waals surface area contributed by atoms with Crippen LogP contribution in [0.15, 0.2) is 18.2 Å². The summed E-state index contributed by atoms with van der Waals surface area (Å²) in [6, 6.07) is 4.46. The SMILES string of the molecule is COc1cc(CN(C)C(=O)CCN2C(=O)[C@H]3CCCC[C@H]3C2=O)ccc1OC(F)F. The van der Waals surface area contributed by atoms with E-state index in [0.717, 1.165) is 25.7 Å². The molecule has 1 saturated carbocycles. The van der Waals surface area contributed by atoms with Gasteiger partial charge in [0, 0.05) is 26.6 Å². The molecule has 0 unspecified atom stereocenters. The summed E-state index contributed by atoms with van der Waals surface area (Å²) in [5, 5.41) is 0. The molecule has 164 valence electrons. The van der Waals surface area contributed by atoms with E-state index in [2.05, 4.69) is 4.74 Å². The fraction of sp³-hybridized carbons (Fsp3) is 0.571. The molecule has 1 aromatic rings. The Bertz CT molecular complexity index is 793. The van der Waals surface area contributed by atoms with Gasteiger partial charge in [-0.05, 0) is 30.5 Å². The van der Waals surface area contributed by atoms with E-state index in [9.17, 15) is 23.2 Å². The highest BCUT2D eigenvalue weighted by atomic mass is 19.3. The summed E-state index contributed by atoms with van der Waals surface area (Å²) < 4.78 is 34.3. The van der Waals surface area contributed by atoms with Crippen molar-refractivity contribution in [2.75, 3.05) is 20.7 Å². The Balaban J connectivity index is 1.56. The highest BCUT2D eigenvalue weighted by molar-refractivity contribution is 6.05. The number of hydrogen-bond donors (Lipinski definition) is 0. The quantitative estimate of drug-likeness (QED) is 0.600. The van der Waals surface area contributed by atoms with Crippen molar-refractivity contribution in [1.82, 2.24) is 9.80 Å². The molecule has 9 heteroatoms. The Morgan fingerprint density at radius 2 is 1.80 bits per heavy atom. The van der Waals surface area contributed by atoms with Gasteiger partial charge in [0.1, 0.15) is 0 Å². The first-order valence-electron chi connectivity index (χ1n) is 10.0. The molecule has 1 aromatic carbocycles. The van der Waals surface area contributed by atoms with Gasteiger partial charge in [-0.1, -0.05) is 18.9 Å². The molecule has 1 saturated heterocycles. The first kappa shape index (κ1) is 22.0. The average Bonchev–Trinajstić information content (AvgIpc) is 2.97. The fourth-order valence-electron chi connectivity index (χ4n) is 4.22. The first-order valence-corrected chi connectivity index (χ1v) is 10.0. The van der Waals surface area contributed by atoms with Crippen LogP contribution in [0.2, 0.25) is 0 Å². The number of carbonyl (C=O) groups is 3. The third-order valence-corrected chi connectivity index (χ3v) is 5.77. The summed E-state index contributed by atoms with van der Waals surface area (Å²) in [7, 11) is 2.94. The van der Waals surface area contributed by atoms with Crippen LogP contribution >= 0.6 is 0 Å².